The Morgan fingerprint density at radius 2 is 1.94 bits per heavy atom. The van der Waals surface area contributed by atoms with E-state index in [9.17, 15) is 4.79 Å². The van der Waals surface area contributed by atoms with Crippen molar-refractivity contribution in [2.75, 3.05) is 5.33 Å². The summed E-state index contributed by atoms with van der Waals surface area (Å²) in [5, 5.41) is 3.94. The second kappa shape index (κ2) is 6.37. The van der Waals surface area contributed by atoms with Crippen LogP contribution in [0.5, 0.6) is 0 Å². The summed E-state index contributed by atoms with van der Waals surface area (Å²) in [5.41, 5.74) is 1.85. The number of rotatable bonds is 4. The van der Waals surface area contributed by atoms with Gasteiger partial charge in [-0.25, -0.2) is 0 Å². The lowest BCUT2D eigenvalue weighted by Crippen LogP contribution is -2.34. The molecular formula is C15H22BrNO. The molecule has 0 aromatic heterocycles. The number of halogens is 1. The van der Waals surface area contributed by atoms with Crippen molar-refractivity contribution < 1.29 is 4.79 Å². The maximum Gasteiger partial charge on any atom is 0.251 e. The summed E-state index contributed by atoms with van der Waals surface area (Å²) in [6, 6.07) is 8.02. The first-order valence-electron chi connectivity index (χ1n) is 6.32. The minimum atomic E-state index is -0.0212. The lowest BCUT2D eigenvalue weighted by Gasteiger charge is -2.23. The lowest BCUT2D eigenvalue weighted by molar-refractivity contribution is 0.0937. The molecule has 2 nitrogen and oxygen atoms in total. The zero-order valence-electron chi connectivity index (χ0n) is 11.6. The first kappa shape index (κ1) is 15.2. The Bertz CT molecular complexity index is 409. The maximum absolute atomic E-state index is 12.3. The lowest BCUT2D eigenvalue weighted by atomic mass is 9.83. The van der Waals surface area contributed by atoms with Crippen molar-refractivity contribution in [2.45, 2.75) is 45.6 Å². The monoisotopic (exact) mass is 311 g/mol. The molecule has 0 saturated carbocycles. The van der Waals surface area contributed by atoms with Gasteiger partial charge in [-0.05, 0) is 30.4 Å². The van der Waals surface area contributed by atoms with Gasteiger partial charge < -0.3 is 5.32 Å². The maximum atomic E-state index is 12.3. The molecule has 0 fully saturated rings. The minimum absolute atomic E-state index is 0.0212. The molecule has 1 atom stereocenters. The molecule has 1 unspecified atom stereocenters. The summed E-state index contributed by atoms with van der Waals surface area (Å²) in [4.78, 5) is 12.3. The van der Waals surface area contributed by atoms with E-state index in [0.717, 1.165) is 22.9 Å². The number of benzene rings is 1. The van der Waals surface area contributed by atoms with Crippen molar-refractivity contribution in [3.05, 3.63) is 35.4 Å². The van der Waals surface area contributed by atoms with Crippen LogP contribution in [0.15, 0.2) is 24.3 Å². The molecule has 18 heavy (non-hydrogen) atoms. The molecule has 1 aromatic carbocycles. The molecule has 1 N–H and O–H groups in total. The smallest absolute Gasteiger partial charge is 0.251 e. The van der Waals surface area contributed by atoms with Crippen LogP contribution in [-0.4, -0.2) is 17.3 Å². The van der Waals surface area contributed by atoms with Crippen molar-refractivity contribution in [1.82, 2.24) is 5.32 Å². The van der Waals surface area contributed by atoms with Gasteiger partial charge in [0.1, 0.15) is 0 Å². The largest absolute Gasteiger partial charge is 0.350 e. The van der Waals surface area contributed by atoms with E-state index in [1.807, 2.05) is 31.2 Å². The average molecular weight is 312 g/mol. The van der Waals surface area contributed by atoms with Crippen molar-refractivity contribution >= 4 is 21.8 Å². The third-order valence-electron chi connectivity index (χ3n) is 2.90. The highest BCUT2D eigenvalue weighted by Crippen LogP contribution is 2.25. The van der Waals surface area contributed by atoms with Crippen LogP contribution >= 0.6 is 15.9 Å². The van der Waals surface area contributed by atoms with Crippen molar-refractivity contribution in [1.29, 1.82) is 0 Å². The van der Waals surface area contributed by atoms with Crippen molar-refractivity contribution in [3.63, 3.8) is 0 Å². The molecule has 0 heterocycles. The van der Waals surface area contributed by atoms with Crippen molar-refractivity contribution in [3.8, 4) is 0 Å². The number of amides is 1. The van der Waals surface area contributed by atoms with E-state index in [0.29, 0.717) is 0 Å². The molecule has 1 amide bonds. The fraction of sp³-hybridized carbons (Fsp3) is 0.533. The molecule has 100 valence electrons. The normalized spacial score (nSPS) is 13.2. The van der Waals surface area contributed by atoms with Gasteiger partial charge in [-0.3, -0.25) is 4.79 Å². The highest BCUT2D eigenvalue weighted by molar-refractivity contribution is 9.09. The van der Waals surface area contributed by atoms with Gasteiger partial charge in [0, 0.05) is 16.9 Å². The van der Waals surface area contributed by atoms with Gasteiger partial charge >= 0.3 is 0 Å². The standard InChI is InChI=1S/C15H22BrNO/c1-11(9-10-16)17-14(18)12-7-5-6-8-13(12)15(2,3)4/h5-8,11H,9-10H2,1-4H3,(H,17,18). The molecule has 0 bridgehead atoms. The first-order valence-corrected chi connectivity index (χ1v) is 7.44. The number of hydrogen-bond donors (Lipinski definition) is 1. The van der Waals surface area contributed by atoms with E-state index in [1.54, 1.807) is 0 Å². The number of hydrogen-bond acceptors (Lipinski definition) is 1. The second-order valence-corrected chi connectivity index (χ2v) is 6.44. The Morgan fingerprint density at radius 1 is 1.33 bits per heavy atom. The predicted molar refractivity (Wildman–Crippen MR) is 80.5 cm³/mol. The van der Waals surface area contributed by atoms with Gasteiger partial charge in [0.2, 0.25) is 0 Å². The quantitative estimate of drug-likeness (QED) is 0.840. The molecule has 0 spiro atoms. The van der Waals surface area contributed by atoms with Gasteiger partial charge in [0.05, 0.1) is 0 Å². The van der Waals surface area contributed by atoms with Gasteiger partial charge in [0.15, 0.2) is 0 Å². The summed E-state index contributed by atoms with van der Waals surface area (Å²) >= 11 is 3.39. The second-order valence-electron chi connectivity index (χ2n) is 5.65. The third-order valence-corrected chi connectivity index (χ3v) is 3.36. The number of carbonyl (C=O) groups excluding carboxylic acids is 1. The SMILES string of the molecule is CC(CCBr)NC(=O)c1ccccc1C(C)(C)C. The van der Waals surface area contributed by atoms with Crippen LogP contribution in [0.4, 0.5) is 0 Å². The Morgan fingerprint density at radius 3 is 2.50 bits per heavy atom. The van der Waals surface area contributed by atoms with E-state index in [2.05, 4.69) is 42.0 Å². The summed E-state index contributed by atoms with van der Waals surface area (Å²) in [6.07, 6.45) is 0.934. The van der Waals surface area contributed by atoms with Gasteiger partial charge in [-0.1, -0.05) is 54.9 Å². The Labute approximate surface area is 118 Å². The zero-order chi connectivity index (χ0) is 13.8. The number of carbonyl (C=O) groups is 1. The van der Waals surface area contributed by atoms with Gasteiger partial charge in [-0.15, -0.1) is 0 Å². The molecule has 0 aliphatic heterocycles. The van der Waals surface area contributed by atoms with E-state index in [-0.39, 0.29) is 17.4 Å². The average Bonchev–Trinajstić information content (AvgIpc) is 2.28. The Kier molecular flexibility index (Phi) is 5.39. The van der Waals surface area contributed by atoms with Crippen LogP contribution in [0, 0.1) is 0 Å². The highest BCUT2D eigenvalue weighted by Gasteiger charge is 2.21. The van der Waals surface area contributed by atoms with Crippen LogP contribution in [0.25, 0.3) is 0 Å². The van der Waals surface area contributed by atoms with Crippen LogP contribution < -0.4 is 5.32 Å². The Hall–Kier alpha value is -0.830. The number of alkyl halides is 1. The number of nitrogens with one attached hydrogen (secondary N) is 1. The Balaban J connectivity index is 2.93. The molecular weight excluding hydrogens is 290 g/mol. The fourth-order valence-corrected chi connectivity index (χ4v) is 2.56. The third kappa shape index (κ3) is 4.13. The van der Waals surface area contributed by atoms with Gasteiger partial charge in [-0.2, -0.15) is 0 Å². The molecule has 0 saturated heterocycles. The van der Waals surface area contributed by atoms with Crippen LogP contribution in [0.1, 0.15) is 50.0 Å². The van der Waals surface area contributed by atoms with Gasteiger partial charge in [0.25, 0.3) is 5.91 Å². The zero-order valence-corrected chi connectivity index (χ0v) is 13.2. The van der Waals surface area contributed by atoms with E-state index in [1.165, 1.54) is 0 Å². The molecule has 0 aliphatic carbocycles. The molecule has 1 aromatic rings. The van der Waals surface area contributed by atoms with E-state index < -0.39 is 0 Å². The minimum Gasteiger partial charge on any atom is -0.350 e. The first-order chi connectivity index (χ1) is 8.36. The van der Waals surface area contributed by atoms with Crippen LogP contribution in [0.2, 0.25) is 0 Å². The van der Waals surface area contributed by atoms with Crippen LogP contribution in [-0.2, 0) is 5.41 Å². The van der Waals surface area contributed by atoms with E-state index >= 15 is 0 Å². The molecule has 1 rings (SSSR count). The summed E-state index contributed by atoms with van der Waals surface area (Å²) in [5.74, 6) is 0.0222. The highest BCUT2D eigenvalue weighted by atomic mass is 79.9. The summed E-state index contributed by atoms with van der Waals surface area (Å²) in [6.45, 7) is 8.40. The van der Waals surface area contributed by atoms with Crippen molar-refractivity contribution in [2.24, 2.45) is 0 Å². The summed E-state index contributed by atoms with van der Waals surface area (Å²) in [7, 11) is 0. The molecule has 0 radical (unpaired) electrons. The molecule has 3 heteroatoms. The predicted octanol–water partition coefficient (Wildman–Crippen LogP) is 3.89. The molecule has 0 aliphatic rings. The topological polar surface area (TPSA) is 29.1 Å². The van der Waals surface area contributed by atoms with Crippen LogP contribution in [0.3, 0.4) is 0 Å². The summed E-state index contributed by atoms with van der Waals surface area (Å²) < 4.78 is 0. The fourth-order valence-electron chi connectivity index (χ4n) is 1.87. The van der Waals surface area contributed by atoms with E-state index in [4.69, 9.17) is 0 Å².